The van der Waals surface area contributed by atoms with Crippen LogP contribution in [0.4, 0.5) is 0 Å². The summed E-state index contributed by atoms with van der Waals surface area (Å²) in [5.74, 6) is -0.0763. The molecule has 1 aromatic carbocycles. The number of carbonyl (C=O) groups is 1. The monoisotopic (exact) mass is 386 g/mol. The van der Waals surface area contributed by atoms with Crippen molar-refractivity contribution in [3.63, 3.8) is 0 Å². The normalized spacial score (nSPS) is 15.6. The SMILES string of the molecule is CCCCCCOc1ccc(C(=O)OC[C@@H](O)[C@@H](O)[C@H](O)[C@@H](O)CO)cc1. The lowest BCUT2D eigenvalue weighted by atomic mass is 10.0. The van der Waals surface area contributed by atoms with Crippen LogP contribution in [0, 0.1) is 0 Å². The molecular weight excluding hydrogens is 356 g/mol. The maximum atomic E-state index is 12.0. The number of hydrogen-bond donors (Lipinski definition) is 5. The quantitative estimate of drug-likeness (QED) is 0.240. The molecule has 0 unspecified atom stereocenters. The fraction of sp³-hybridized carbons (Fsp3) is 0.632. The Bertz CT molecular complexity index is 533. The van der Waals surface area contributed by atoms with Gasteiger partial charge >= 0.3 is 5.97 Å². The Morgan fingerprint density at radius 3 is 2.19 bits per heavy atom. The van der Waals surface area contributed by atoms with Crippen LogP contribution in [0.2, 0.25) is 0 Å². The fourth-order valence-corrected chi connectivity index (χ4v) is 2.31. The average Bonchev–Trinajstić information content (AvgIpc) is 2.70. The Morgan fingerprint density at radius 2 is 1.59 bits per heavy atom. The number of carbonyl (C=O) groups excluding carboxylic acids is 1. The Hall–Kier alpha value is -1.71. The molecule has 0 fully saturated rings. The van der Waals surface area contributed by atoms with Crippen molar-refractivity contribution in [2.24, 2.45) is 0 Å². The molecule has 0 aromatic heterocycles. The fourth-order valence-electron chi connectivity index (χ4n) is 2.31. The zero-order valence-electron chi connectivity index (χ0n) is 15.5. The largest absolute Gasteiger partial charge is 0.494 e. The van der Waals surface area contributed by atoms with Crippen molar-refractivity contribution in [3.8, 4) is 5.75 Å². The lowest BCUT2D eigenvalue weighted by molar-refractivity contribution is -0.124. The van der Waals surface area contributed by atoms with Crippen molar-refractivity contribution in [2.75, 3.05) is 19.8 Å². The number of aliphatic hydroxyl groups is 5. The summed E-state index contributed by atoms with van der Waals surface area (Å²) in [4.78, 5) is 12.0. The van der Waals surface area contributed by atoms with Gasteiger partial charge in [0.25, 0.3) is 0 Å². The van der Waals surface area contributed by atoms with Crippen molar-refractivity contribution < 1.29 is 39.8 Å². The highest BCUT2D eigenvalue weighted by molar-refractivity contribution is 5.89. The molecule has 0 aliphatic carbocycles. The van der Waals surface area contributed by atoms with E-state index in [1.165, 1.54) is 18.6 Å². The summed E-state index contributed by atoms with van der Waals surface area (Å²) in [5.41, 5.74) is 0.242. The number of aliphatic hydroxyl groups excluding tert-OH is 5. The molecule has 8 heteroatoms. The molecule has 1 aromatic rings. The highest BCUT2D eigenvalue weighted by atomic mass is 16.5. The predicted octanol–water partition coefficient (Wildman–Crippen LogP) is 0.238. The lowest BCUT2D eigenvalue weighted by Crippen LogP contribution is -2.47. The van der Waals surface area contributed by atoms with E-state index in [1.807, 2.05) is 0 Å². The van der Waals surface area contributed by atoms with Gasteiger partial charge in [-0.25, -0.2) is 4.79 Å². The molecule has 0 aliphatic heterocycles. The summed E-state index contributed by atoms with van der Waals surface area (Å²) in [6, 6.07) is 6.33. The van der Waals surface area contributed by atoms with E-state index in [4.69, 9.17) is 14.6 Å². The van der Waals surface area contributed by atoms with E-state index in [0.29, 0.717) is 12.4 Å². The van der Waals surface area contributed by atoms with Crippen LogP contribution in [0.5, 0.6) is 5.75 Å². The van der Waals surface area contributed by atoms with Crippen molar-refractivity contribution >= 4 is 5.97 Å². The van der Waals surface area contributed by atoms with Crippen molar-refractivity contribution in [2.45, 2.75) is 57.0 Å². The second kappa shape index (κ2) is 12.6. The standard InChI is InChI=1S/C19H30O8/c1-2-3-4-5-10-26-14-8-6-13(7-9-14)19(25)27-12-16(22)18(24)17(23)15(21)11-20/h6-9,15-18,20-24H,2-5,10-12H2,1H3/t15-,16+,17+,18+/m0/s1. The molecule has 0 saturated heterocycles. The molecule has 27 heavy (non-hydrogen) atoms. The minimum Gasteiger partial charge on any atom is -0.494 e. The first-order chi connectivity index (χ1) is 12.9. The predicted molar refractivity (Wildman–Crippen MR) is 97.5 cm³/mol. The van der Waals surface area contributed by atoms with Gasteiger partial charge in [0, 0.05) is 0 Å². The van der Waals surface area contributed by atoms with Crippen LogP contribution in [0.3, 0.4) is 0 Å². The zero-order valence-corrected chi connectivity index (χ0v) is 15.5. The summed E-state index contributed by atoms with van der Waals surface area (Å²) >= 11 is 0. The molecule has 8 nitrogen and oxygen atoms in total. The van der Waals surface area contributed by atoms with Crippen LogP contribution >= 0.6 is 0 Å². The molecule has 0 spiro atoms. The highest BCUT2D eigenvalue weighted by Crippen LogP contribution is 2.14. The lowest BCUT2D eigenvalue weighted by Gasteiger charge is -2.25. The Labute approximate surface area is 159 Å². The first kappa shape index (κ1) is 23.3. The number of benzene rings is 1. The maximum absolute atomic E-state index is 12.0. The van der Waals surface area contributed by atoms with E-state index < -0.39 is 43.6 Å². The second-order valence-corrected chi connectivity index (χ2v) is 6.33. The first-order valence-corrected chi connectivity index (χ1v) is 9.13. The number of rotatable bonds is 13. The van der Waals surface area contributed by atoms with Gasteiger partial charge < -0.3 is 35.0 Å². The second-order valence-electron chi connectivity index (χ2n) is 6.33. The number of ether oxygens (including phenoxy) is 2. The van der Waals surface area contributed by atoms with E-state index in [2.05, 4.69) is 6.92 Å². The number of hydrogen-bond acceptors (Lipinski definition) is 8. The van der Waals surface area contributed by atoms with E-state index in [0.717, 1.165) is 19.3 Å². The van der Waals surface area contributed by atoms with E-state index in [-0.39, 0.29) is 5.56 Å². The molecule has 0 amide bonds. The third-order valence-corrected chi connectivity index (χ3v) is 4.07. The van der Waals surface area contributed by atoms with Crippen molar-refractivity contribution in [1.29, 1.82) is 0 Å². The molecule has 5 N–H and O–H groups in total. The molecule has 0 aliphatic rings. The van der Waals surface area contributed by atoms with Gasteiger partial charge in [-0.15, -0.1) is 0 Å². The molecule has 1 rings (SSSR count). The molecule has 4 atom stereocenters. The summed E-state index contributed by atoms with van der Waals surface area (Å²) < 4.78 is 10.5. The van der Waals surface area contributed by atoms with Crippen LogP contribution < -0.4 is 4.74 Å². The third-order valence-electron chi connectivity index (χ3n) is 4.07. The van der Waals surface area contributed by atoms with Gasteiger partial charge in [-0.3, -0.25) is 0 Å². The van der Waals surface area contributed by atoms with Gasteiger partial charge in [-0.1, -0.05) is 26.2 Å². The van der Waals surface area contributed by atoms with Gasteiger partial charge in [0.05, 0.1) is 18.8 Å². The molecule has 154 valence electrons. The van der Waals surface area contributed by atoms with Crippen LogP contribution in [0.25, 0.3) is 0 Å². The number of unbranched alkanes of at least 4 members (excludes halogenated alkanes) is 3. The Balaban J connectivity index is 2.41. The minimum absolute atomic E-state index is 0.242. The smallest absolute Gasteiger partial charge is 0.338 e. The van der Waals surface area contributed by atoms with Crippen LogP contribution in [-0.4, -0.2) is 75.7 Å². The summed E-state index contributed by atoms with van der Waals surface area (Å²) in [6.07, 6.45) is -2.36. The maximum Gasteiger partial charge on any atom is 0.338 e. The summed E-state index contributed by atoms with van der Waals surface area (Å²) in [7, 11) is 0. The van der Waals surface area contributed by atoms with Gasteiger partial charge in [0.1, 0.15) is 36.8 Å². The average molecular weight is 386 g/mol. The van der Waals surface area contributed by atoms with Gasteiger partial charge in [0.2, 0.25) is 0 Å². The van der Waals surface area contributed by atoms with Crippen LogP contribution in [0.1, 0.15) is 43.0 Å². The van der Waals surface area contributed by atoms with Crippen LogP contribution in [-0.2, 0) is 4.74 Å². The molecular formula is C19H30O8. The molecule has 0 saturated carbocycles. The highest BCUT2D eigenvalue weighted by Gasteiger charge is 2.30. The van der Waals surface area contributed by atoms with Gasteiger partial charge in [0.15, 0.2) is 0 Å². The molecule has 0 radical (unpaired) electrons. The molecule has 0 heterocycles. The molecule has 0 bridgehead atoms. The Morgan fingerprint density at radius 1 is 0.963 bits per heavy atom. The summed E-state index contributed by atoms with van der Waals surface area (Å²) in [5, 5.41) is 46.9. The zero-order chi connectivity index (χ0) is 20.2. The van der Waals surface area contributed by atoms with E-state index in [9.17, 15) is 25.2 Å². The number of esters is 1. The third kappa shape index (κ3) is 8.23. The van der Waals surface area contributed by atoms with E-state index >= 15 is 0 Å². The Kier molecular flexibility index (Phi) is 10.9. The first-order valence-electron chi connectivity index (χ1n) is 9.13. The topological polar surface area (TPSA) is 137 Å². The van der Waals surface area contributed by atoms with Crippen LogP contribution in [0.15, 0.2) is 24.3 Å². The van der Waals surface area contributed by atoms with Crippen molar-refractivity contribution in [1.82, 2.24) is 0 Å². The van der Waals surface area contributed by atoms with Gasteiger partial charge in [-0.2, -0.15) is 0 Å². The minimum atomic E-state index is -1.77. The van der Waals surface area contributed by atoms with Crippen molar-refractivity contribution in [3.05, 3.63) is 29.8 Å². The summed E-state index contributed by atoms with van der Waals surface area (Å²) in [6.45, 7) is 1.39. The van der Waals surface area contributed by atoms with E-state index in [1.54, 1.807) is 12.1 Å². The van der Waals surface area contributed by atoms with Gasteiger partial charge in [-0.05, 0) is 30.7 Å².